The van der Waals surface area contributed by atoms with Crippen molar-refractivity contribution in [1.29, 1.82) is 0 Å². The average Bonchev–Trinajstić information content (AvgIpc) is 3.58. The average molecular weight is 460 g/mol. The Bertz CT molecular complexity index is 1290. The number of pyridine rings is 2. The van der Waals surface area contributed by atoms with Crippen LogP contribution in [0.5, 0.6) is 0 Å². The molecule has 2 saturated heterocycles. The van der Waals surface area contributed by atoms with E-state index in [2.05, 4.69) is 25.8 Å². The van der Waals surface area contributed by atoms with Crippen molar-refractivity contribution in [1.82, 2.24) is 14.9 Å². The summed E-state index contributed by atoms with van der Waals surface area (Å²) in [6.07, 6.45) is 8.97. The minimum absolute atomic E-state index is 0.494. The maximum atomic E-state index is 13.8. The van der Waals surface area contributed by atoms with Crippen LogP contribution in [0, 0.1) is 11.6 Å². The van der Waals surface area contributed by atoms with Gasteiger partial charge < -0.3 is 9.80 Å². The monoisotopic (exact) mass is 459 g/mol. The molecule has 5 heterocycles. The third kappa shape index (κ3) is 3.98. The molecular weight excluding hydrogens is 432 g/mol. The molecule has 2 aromatic heterocycles. The topological polar surface area (TPSA) is 44.6 Å². The van der Waals surface area contributed by atoms with Crippen molar-refractivity contribution in [3.8, 4) is 0 Å². The Balaban J connectivity index is 1.24. The van der Waals surface area contributed by atoms with Crippen molar-refractivity contribution >= 4 is 28.0 Å². The van der Waals surface area contributed by atoms with E-state index in [1.165, 1.54) is 44.8 Å². The fourth-order valence-electron chi connectivity index (χ4n) is 5.44. The number of fused-ring (bicyclic) bond motifs is 1. The molecule has 7 heteroatoms. The van der Waals surface area contributed by atoms with Crippen LogP contribution >= 0.6 is 0 Å². The molecule has 0 saturated carbocycles. The molecule has 1 aromatic carbocycles. The van der Waals surface area contributed by atoms with Crippen LogP contribution in [0.1, 0.15) is 36.9 Å². The van der Waals surface area contributed by atoms with Crippen LogP contribution in [0.4, 0.5) is 14.5 Å². The van der Waals surface area contributed by atoms with E-state index in [0.29, 0.717) is 23.9 Å². The predicted octanol–water partition coefficient (Wildman–Crippen LogP) is 4.86. The van der Waals surface area contributed by atoms with Gasteiger partial charge in [-0.3, -0.25) is 9.98 Å². The summed E-state index contributed by atoms with van der Waals surface area (Å²) in [5.41, 5.74) is 5.56. The highest BCUT2D eigenvalue weighted by Crippen LogP contribution is 2.29. The van der Waals surface area contributed by atoms with E-state index in [0.717, 1.165) is 47.1 Å². The van der Waals surface area contributed by atoms with E-state index < -0.39 is 11.6 Å². The summed E-state index contributed by atoms with van der Waals surface area (Å²) in [7, 11) is 0. The molecule has 0 unspecified atom stereocenters. The SMILES string of the molecule is Fc1ccc(C2=NCC=C2c2ccc3ncc(N4CCC(N5CCCC5)CC4)cc3n2)cc1F. The fraction of sp³-hybridized carbons (Fsp3) is 0.370. The van der Waals surface area contributed by atoms with Crippen LogP contribution in [0.3, 0.4) is 0 Å². The zero-order chi connectivity index (χ0) is 23.1. The zero-order valence-electron chi connectivity index (χ0n) is 19.1. The van der Waals surface area contributed by atoms with Crippen molar-refractivity contribution in [3.05, 3.63) is 71.6 Å². The molecule has 34 heavy (non-hydrogen) atoms. The van der Waals surface area contributed by atoms with Gasteiger partial charge in [-0.15, -0.1) is 0 Å². The molecule has 3 aromatic rings. The molecule has 6 rings (SSSR count). The van der Waals surface area contributed by atoms with Gasteiger partial charge in [-0.2, -0.15) is 0 Å². The van der Waals surface area contributed by atoms with Crippen LogP contribution in [-0.2, 0) is 0 Å². The van der Waals surface area contributed by atoms with Crippen LogP contribution in [0.25, 0.3) is 16.6 Å². The van der Waals surface area contributed by atoms with Crippen LogP contribution in [0.15, 0.2) is 53.7 Å². The number of anilines is 1. The highest BCUT2D eigenvalue weighted by Gasteiger charge is 2.27. The highest BCUT2D eigenvalue weighted by atomic mass is 19.2. The number of allylic oxidation sites excluding steroid dienone is 1. The van der Waals surface area contributed by atoms with E-state index in [9.17, 15) is 8.78 Å². The molecule has 0 atom stereocenters. The summed E-state index contributed by atoms with van der Waals surface area (Å²) >= 11 is 0. The summed E-state index contributed by atoms with van der Waals surface area (Å²) in [6, 6.07) is 10.6. The second-order valence-electron chi connectivity index (χ2n) is 9.33. The Morgan fingerprint density at radius 1 is 0.853 bits per heavy atom. The Morgan fingerprint density at radius 2 is 1.68 bits per heavy atom. The molecule has 3 aliphatic rings. The maximum absolute atomic E-state index is 13.8. The number of hydrogen-bond donors (Lipinski definition) is 0. The van der Waals surface area contributed by atoms with E-state index in [-0.39, 0.29) is 0 Å². The van der Waals surface area contributed by atoms with E-state index >= 15 is 0 Å². The number of aliphatic imine (C=N–C) groups is 1. The second-order valence-corrected chi connectivity index (χ2v) is 9.33. The number of aromatic nitrogens is 2. The highest BCUT2D eigenvalue weighted by molar-refractivity contribution is 6.32. The third-order valence-corrected chi connectivity index (χ3v) is 7.28. The zero-order valence-corrected chi connectivity index (χ0v) is 19.1. The first-order valence-electron chi connectivity index (χ1n) is 12.1. The van der Waals surface area contributed by atoms with E-state index in [1.807, 2.05) is 24.4 Å². The Hall–Kier alpha value is -3.19. The van der Waals surface area contributed by atoms with Gasteiger partial charge in [0.2, 0.25) is 0 Å². The van der Waals surface area contributed by atoms with E-state index in [1.54, 1.807) is 6.07 Å². The molecule has 3 aliphatic heterocycles. The smallest absolute Gasteiger partial charge is 0.159 e. The molecule has 5 nitrogen and oxygen atoms in total. The largest absolute Gasteiger partial charge is 0.370 e. The van der Waals surface area contributed by atoms with Gasteiger partial charge >= 0.3 is 0 Å². The molecular formula is C27H27F2N5. The normalized spacial score (nSPS) is 19.6. The van der Waals surface area contributed by atoms with Crippen LogP contribution in [0.2, 0.25) is 0 Å². The number of hydrogen-bond acceptors (Lipinski definition) is 5. The van der Waals surface area contributed by atoms with Crippen molar-refractivity contribution < 1.29 is 8.78 Å². The lowest BCUT2D eigenvalue weighted by Crippen LogP contribution is -2.43. The number of rotatable bonds is 4. The van der Waals surface area contributed by atoms with Gasteiger partial charge in [0.1, 0.15) is 0 Å². The van der Waals surface area contributed by atoms with Crippen molar-refractivity contribution in [2.24, 2.45) is 4.99 Å². The van der Waals surface area contributed by atoms with Gasteiger partial charge in [0.15, 0.2) is 11.6 Å². The molecule has 174 valence electrons. The molecule has 0 bridgehead atoms. The second kappa shape index (κ2) is 8.87. The number of piperidine rings is 1. The molecule has 0 aliphatic carbocycles. The molecule has 0 radical (unpaired) electrons. The van der Waals surface area contributed by atoms with Gasteiger partial charge in [0, 0.05) is 30.3 Å². The number of nitrogens with zero attached hydrogens (tertiary/aromatic N) is 5. The number of halogens is 2. The maximum Gasteiger partial charge on any atom is 0.159 e. The summed E-state index contributed by atoms with van der Waals surface area (Å²) in [5, 5.41) is 0. The van der Waals surface area contributed by atoms with Crippen LogP contribution < -0.4 is 4.90 Å². The Labute approximate surface area is 197 Å². The van der Waals surface area contributed by atoms with Crippen LogP contribution in [-0.4, -0.2) is 59.3 Å². The molecule has 2 fully saturated rings. The van der Waals surface area contributed by atoms with E-state index in [4.69, 9.17) is 4.98 Å². The molecule has 0 amide bonds. The van der Waals surface area contributed by atoms with Gasteiger partial charge in [0.05, 0.1) is 40.9 Å². The Kier molecular flexibility index (Phi) is 5.57. The lowest BCUT2D eigenvalue weighted by atomic mass is 10.00. The van der Waals surface area contributed by atoms with Gasteiger partial charge in [-0.05, 0) is 75.2 Å². The van der Waals surface area contributed by atoms with Gasteiger partial charge in [-0.25, -0.2) is 13.8 Å². The standard InChI is InChI=1S/C27H27F2N5/c28-22-4-3-18(15-23(22)29)27-21(7-10-30-27)24-5-6-25-26(32-24)16-20(17-31-25)34-13-8-19(9-14-34)33-11-1-2-12-33/h3-7,15-17,19H,1-2,8-14H2. The Morgan fingerprint density at radius 3 is 2.47 bits per heavy atom. The summed E-state index contributed by atoms with van der Waals surface area (Å²) < 4.78 is 27.2. The first kappa shape index (κ1) is 21.4. The molecule has 0 spiro atoms. The molecule has 0 N–H and O–H groups in total. The minimum Gasteiger partial charge on any atom is -0.370 e. The van der Waals surface area contributed by atoms with Gasteiger partial charge in [-0.1, -0.05) is 6.08 Å². The summed E-state index contributed by atoms with van der Waals surface area (Å²) in [6.45, 7) is 5.06. The number of benzene rings is 1. The minimum atomic E-state index is -0.875. The predicted molar refractivity (Wildman–Crippen MR) is 131 cm³/mol. The summed E-state index contributed by atoms with van der Waals surface area (Å²) in [4.78, 5) is 19.1. The lowest BCUT2D eigenvalue weighted by molar-refractivity contribution is 0.208. The first-order chi connectivity index (χ1) is 16.7. The first-order valence-corrected chi connectivity index (χ1v) is 12.1. The van der Waals surface area contributed by atoms with Crippen molar-refractivity contribution in [2.75, 3.05) is 37.6 Å². The quantitative estimate of drug-likeness (QED) is 0.559. The summed E-state index contributed by atoms with van der Waals surface area (Å²) in [5.74, 6) is -1.74. The third-order valence-electron chi connectivity index (χ3n) is 7.28. The lowest BCUT2D eigenvalue weighted by Gasteiger charge is -2.37. The van der Waals surface area contributed by atoms with Crippen molar-refractivity contribution in [2.45, 2.75) is 31.7 Å². The van der Waals surface area contributed by atoms with Gasteiger partial charge in [0.25, 0.3) is 0 Å². The van der Waals surface area contributed by atoms with Crippen molar-refractivity contribution in [3.63, 3.8) is 0 Å². The number of likely N-dealkylation sites (tertiary alicyclic amines) is 1. The fourth-order valence-corrected chi connectivity index (χ4v) is 5.44.